The van der Waals surface area contributed by atoms with Crippen LogP contribution in [0.4, 0.5) is 0 Å². The Hall–Kier alpha value is 0. The summed E-state index contributed by atoms with van der Waals surface area (Å²) in [4.78, 5) is 0. The molecule has 1 fully saturated rings. The van der Waals surface area contributed by atoms with Gasteiger partial charge in [0, 0.05) is 0 Å². The minimum Gasteiger partial charge on any atom is -0.0651 e. The standard InChI is InChI=1S/C18H36/c1-2-18-16-14-12-10-8-6-4-3-5-7-9-11-13-15-17-18/h18H,2-17H2,1H3. The summed E-state index contributed by atoms with van der Waals surface area (Å²) in [7, 11) is 0. The van der Waals surface area contributed by atoms with Crippen molar-refractivity contribution in [3.05, 3.63) is 0 Å². The lowest BCUT2D eigenvalue weighted by molar-refractivity contribution is 0.390. The second kappa shape index (κ2) is 12.1. The number of hydrogen-bond donors (Lipinski definition) is 0. The van der Waals surface area contributed by atoms with Crippen molar-refractivity contribution in [2.45, 2.75) is 110 Å². The molecule has 0 aromatic rings. The first kappa shape index (κ1) is 16.1. The van der Waals surface area contributed by atoms with Gasteiger partial charge in [-0.05, 0) is 5.92 Å². The first-order valence-electron chi connectivity index (χ1n) is 8.93. The Morgan fingerprint density at radius 1 is 0.500 bits per heavy atom. The molecule has 0 aromatic carbocycles. The van der Waals surface area contributed by atoms with Crippen LogP contribution in [-0.4, -0.2) is 0 Å². The highest BCUT2D eigenvalue weighted by Crippen LogP contribution is 2.22. The highest BCUT2D eigenvalue weighted by molar-refractivity contribution is 4.59. The van der Waals surface area contributed by atoms with Gasteiger partial charge in [-0.3, -0.25) is 0 Å². The van der Waals surface area contributed by atoms with E-state index in [0.717, 1.165) is 5.92 Å². The maximum Gasteiger partial charge on any atom is -0.0417 e. The predicted molar refractivity (Wildman–Crippen MR) is 83.0 cm³/mol. The van der Waals surface area contributed by atoms with Gasteiger partial charge in [0.25, 0.3) is 0 Å². The SMILES string of the molecule is CCC1CCCCCCCCCCCCCCC1. The van der Waals surface area contributed by atoms with E-state index in [1.807, 2.05) is 0 Å². The molecule has 0 unspecified atom stereocenters. The molecule has 1 aliphatic carbocycles. The minimum absolute atomic E-state index is 1.04. The zero-order valence-electron chi connectivity index (χ0n) is 12.9. The van der Waals surface area contributed by atoms with E-state index in [0.29, 0.717) is 0 Å². The van der Waals surface area contributed by atoms with Crippen LogP contribution < -0.4 is 0 Å². The molecule has 0 radical (unpaired) electrons. The van der Waals surface area contributed by atoms with Crippen molar-refractivity contribution in [1.82, 2.24) is 0 Å². The summed E-state index contributed by atoms with van der Waals surface area (Å²) < 4.78 is 0. The molecule has 0 N–H and O–H groups in total. The Morgan fingerprint density at radius 3 is 1.06 bits per heavy atom. The molecule has 0 heteroatoms. The fraction of sp³-hybridized carbons (Fsp3) is 1.00. The average molecular weight is 252 g/mol. The molecule has 1 rings (SSSR count). The van der Waals surface area contributed by atoms with E-state index in [1.165, 1.54) is 103 Å². The Labute approximate surface area is 116 Å². The molecule has 0 heterocycles. The van der Waals surface area contributed by atoms with Gasteiger partial charge in [-0.15, -0.1) is 0 Å². The Kier molecular flexibility index (Phi) is 10.8. The van der Waals surface area contributed by atoms with Gasteiger partial charge in [-0.1, -0.05) is 110 Å². The lowest BCUT2D eigenvalue weighted by Gasteiger charge is -2.14. The van der Waals surface area contributed by atoms with Gasteiger partial charge in [-0.2, -0.15) is 0 Å². The van der Waals surface area contributed by atoms with E-state index < -0.39 is 0 Å². The topological polar surface area (TPSA) is 0 Å². The molecular weight excluding hydrogens is 216 g/mol. The van der Waals surface area contributed by atoms with E-state index in [2.05, 4.69) is 6.92 Å². The van der Waals surface area contributed by atoms with Crippen molar-refractivity contribution in [2.75, 3.05) is 0 Å². The van der Waals surface area contributed by atoms with E-state index in [4.69, 9.17) is 0 Å². The van der Waals surface area contributed by atoms with Crippen LogP contribution in [0.5, 0.6) is 0 Å². The van der Waals surface area contributed by atoms with Gasteiger partial charge >= 0.3 is 0 Å². The Bertz CT molecular complexity index is 145. The number of rotatable bonds is 1. The highest BCUT2D eigenvalue weighted by Gasteiger charge is 2.06. The monoisotopic (exact) mass is 252 g/mol. The van der Waals surface area contributed by atoms with Crippen LogP contribution in [0.25, 0.3) is 0 Å². The molecule has 0 bridgehead atoms. The molecule has 1 saturated carbocycles. The van der Waals surface area contributed by atoms with E-state index in [-0.39, 0.29) is 0 Å². The molecule has 0 aromatic heterocycles. The van der Waals surface area contributed by atoms with Crippen LogP contribution in [0.3, 0.4) is 0 Å². The molecular formula is C18H36. The maximum atomic E-state index is 2.39. The molecule has 0 nitrogen and oxygen atoms in total. The number of hydrogen-bond acceptors (Lipinski definition) is 0. The van der Waals surface area contributed by atoms with E-state index in [9.17, 15) is 0 Å². The summed E-state index contributed by atoms with van der Waals surface area (Å²) in [5.41, 5.74) is 0. The van der Waals surface area contributed by atoms with Crippen LogP contribution in [0.15, 0.2) is 0 Å². The third-order valence-corrected chi connectivity index (χ3v) is 4.80. The maximum absolute atomic E-state index is 2.39. The van der Waals surface area contributed by atoms with Crippen LogP contribution in [0.1, 0.15) is 110 Å². The second-order valence-corrected chi connectivity index (χ2v) is 6.45. The van der Waals surface area contributed by atoms with Gasteiger partial charge in [0.05, 0.1) is 0 Å². The molecule has 0 amide bonds. The predicted octanol–water partition coefficient (Wildman–Crippen LogP) is 6.88. The molecule has 0 spiro atoms. The van der Waals surface area contributed by atoms with Gasteiger partial charge < -0.3 is 0 Å². The van der Waals surface area contributed by atoms with Gasteiger partial charge in [0.2, 0.25) is 0 Å². The molecule has 18 heavy (non-hydrogen) atoms. The van der Waals surface area contributed by atoms with Gasteiger partial charge in [0.1, 0.15) is 0 Å². The van der Waals surface area contributed by atoms with Crippen molar-refractivity contribution in [3.63, 3.8) is 0 Å². The summed E-state index contributed by atoms with van der Waals surface area (Å²) in [6.45, 7) is 2.39. The minimum atomic E-state index is 1.04. The van der Waals surface area contributed by atoms with Crippen molar-refractivity contribution in [3.8, 4) is 0 Å². The average Bonchev–Trinajstić information content (AvgIpc) is 2.39. The van der Waals surface area contributed by atoms with Crippen LogP contribution in [-0.2, 0) is 0 Å². The fourth-order valence-corrected chi connectivity index (χ4v) is 3.36. The Morgan fingerprint density at radius 2 is 0.778 bits per heavy atom. The van der Waals surface area contributed by atoms with Crippen molar-refractivity contribution in [1.29, 1.82) is 0 Å². The quantitative estimate of drug-likeness (QED) is 0.477. The smallest absolute Gasteiger partial charge is 0.0417 e. The van der Waals surface area contributed by atoms with Crippen LogP contribution in [0, 0.1) is 5.92 Å². The molecule has 0 saturated heterocycles. The molecule has 0 aliphatic heterocycles. The molecule has 0 atom stereocenters. The zero-order chi connectivity index (χ0) is 12.9. The van der Waals surface area contributed by atoms with Crippen LogP contribution in [0.2, 0.25) is 0 Å². The summed E-state index contributed by atoms with van der Waals surface area (Å²) in [6.07, 6.45) is 23.9. The largest absolute Gasteiger partial charge is 0.0651 e. The van der Waals surface area contributed by atoms with Crippen molar-refractivity contribution >= 4 is 0 Å². The summed E-state index contributed by atoms with van der Waals surface area (Å²) >= 11 is 0. The zero-order valence-corrected chi connectivity index (χ0v) is 12.9. The van der Waals surface area contributed by atoms with Gasteiger partial charge in [0.15, 0.2) is 0 Å². The van der Waals surface area contributed by atoms with E-state index in [1.54, 1.807) is 0 Å². The lowest BCUT2D eigenvalue weighted by Crippen LogP contribution is -1.99. The first-order chi connectivity index (χ1) is 8.93. The lowest BCUT2D eigenvalue weighted by atomic mass is 9.92. The third kappa shape index (κ3) is 9.00. The second-order valence-electron chi connectivity index (χ2n) is 6.45. The summed E-state index contributed by atoms with van der Waals surface area (Å²) in [5.74, 6) is 1.04. The first-order valence-corrected chi connectivity index (χ1v) is 8.93. The normalized spacial score (nSPS) is 23.8. The fourth-order valence-electron chi connectivity index (χ4n) is 3.36. The van der Waals surface area contributed by atoms with Crippen LogP contribution >= 0.6 is 0 Å². The molecule has 108 valence electrons. The van der Waals surface area contributed by atoms with Gasteiger partial charge in [-0.25, -0.2) is 0 Å². The summed E-state index contributed by atoms with van der Waals surface area (Å²) in [5, 5.41) is 0. The highest BCUT2D eigenvalue weighted by atomic mass is 14.1. The Balaban J connectivity index is 2.15. The van der Waals surface area contributed by atoms with Crippen molar-refractivity contribution in [2.24, 2.45) is 5.92 Å². The van der Waals surface area contributed by atoms with E-state index >= 15 is 0 Å². The third-order valence-electron chi connectivity index (χ3n) is 4.80. The molecule has 1 aliphatic rings. The van der Waals surface area contributed by atoms with Crippen molar-refractivity contribution < 1.29 is 0 Å². The summed E-state index contributed by atoms with van der Waals surface area (Å²) in [6, 6.07) is 0.